The summed E-state index contributed by atoms with van der Waals surface area (Å²) >= 11 is 7.42. The highest BCUT2D eigenvalue weighted by atomic mass is 32.1. The van der Waals surface area contributed by atoms with Crippen molar-refractivity contribution in [2.75, 3.05) is 31.5 Å². The smallest absolute Gasteiger partial charge is 0.173 e. The maximum Gasteiger partial charge on any atom is 0.173 e. The van der Waals surface area contributed by atoms with Gasteiger partial charge in [-0.1, -0.05) is 24.3 Å². The quantitative estimate of drug-likeness (QED) is 0.682. The Hall–Kier alpha value is -2.02. The fraction of sp³-hybridized carbons (Fsp3) is 0.300. The number of piperazine rings is 1. The molecule has 0 radical (unpaired) electrons. The minimum atomic E-state index is 0.828. The predicted molar refractivity (Wildman–Crippen MR) is 113 cm³/mol. The third kappa shape index (κ3) is 4.03. The van der Waals surface area contributed by atoms with Gasteiger partial charge in [0.2, 0.25) is 0 Å². The van der Waals surface area contributed by atoms with E-state index in [9.17, 15) is 0 Å². The zero-order valence-corrected chi connectivity index (χ0v) is 16.5. The Balaban J connectivity index is 1.31. The van der Waals surface area contributed by atoms with Gasteiger partial charge in [0.15, 0.2) is 5.11 Å². The summed E-state index contributed by atoms with van der Waals surface area (Å²) < 4.78 is 1.28. The lowest BCUT2D eigenvalue weighted by molar-refractivity contribution is -0.917. The van der Waals surface area contributed by atoms with E-state index in [4.69, 9.17) is 17.2 Å². The lowest BCUT2D eigenvalue weighted by Gasteiger charge is -2.33. The molecule has 1 aromatic heterocycles. The highest BCUT2D eigenvalue weighted by molar-refractivity contribution is 7.80. The van der Waals surface area contributed by atoms with Crippen LogP contribution in [0.15, 0.2) is 48.5 Å². The molecule has 1 saturated heterocycles. The second-order valence-electron chi connectivity index (χ2n) is 6.79. The molecule has 3 aromatic rings. The van der Waals surface area contributed by atoms with Crippen LogP contribution in [0.4, 0.5) is 5.69 Å². The second kappa shape index (κ2) is 7.70. The molecule has 0 saturated carbocycles. The van der Waals surface area contributed by atoms with Gasteiger partial charge in [-0.2, -0.15) is 0 Å². The molecule has 0 unspecified atom stereocenters. The first-order chi connectivity index (χ1) is 12.7. The maximum absolute atomic E-state index is 5.61. The number of benzene rings is 2. The molecule has 4 nitrogen and oxygen atoms in total. The molecule has 0 atom stereocenters. The van der Waals surface area contributed by atoms with Gasteiger partial charge in [0, 0.05) is 5.69 Å². The zero-order valence-electron chi connectivity index (χ0n) is 14.9. The Morgan fingerprint density at radius 3 is 2.77 bits per heavy atom. The predicted octanol–water partition coefficient (Wildman–Crippen LogP) is 2.70. The largest absolute Gasteiger partial charge is 0.338 e. The molecule has 2 N–H and O–H groups in total. The summed E-state index contributed by atoms with van der Waals surface area (Å²) in [5, 5.41) is 5.43. The monoisotopic (exact) mass is 383 g/mol. The summed E-state index contributed by atoms with van der Waals surface area (Å²) in [5.74, 6) is 0. The van der Waals surface area contributed by atoms with Gasteiger partial charge in [-0.3, -0.25) is 0 Å². The average Bonchev–Trinajstić information content (AvgIpc) is 3.04. The van der Waals surface area contributed by atoms with Crippen LogP contribution < -0.4 is 10.2 Å². The molecule has 4 rings (SSSR count). The van der Waals surface area contributed by atoms with Crippen molar-refractivity contribution in [2.45, 2.75) is 13.5 Å². The molecule has 134 valence electrons. The van der Waals surface area contributed by atoms with Crippen molar-refractivity contribution >= 4 is 44.6 Å². The third-order valence-electron chi connectivity index (χ3n) is 4.77. The van der Waals surface area contributed by atoms with Crippen molar-refractivity contribution in [2.24, 2.45) is 0 Å². The number of nitrogens with zero attached hydrogens (tertiary/aromatic N) is 2. The molecule has 1 fully saturated rings. The Bertz CT molecular complexity index is 880. The van der Waals surface area contributed by atoms with Crippen LogP contribution in [0.1, 0.15) is 10.6 Å². The van der Waals surface area contributed by atoms with E-state index in [1.54, 1.807) is 4.90 Å². The summed E-state index contributed by atoms with van der Waals surface area (Å²) in [6.07, 6.45) is 0. The number of fused-ring (bicyclic) bond motifs is 1. The van der Waals surface area contributed by atoms with Gasteiger partial charge in [-0.25, -0.2) is 4.98 Å². The number of nitrogens with one attached hydrogen (secondary N) is 2. The standard InChI is InChI=1S/C20H22N4S2/c1-15-5-4-6-16(13-15)21-20(25)24-11-9-23(10-12-24)14-19-22-17-7-2-3-8-18(17)26-19/h2-8,13H,9-12,14H2,1H3,(H,21,25)/p+1. The topological polar surface area (TPSA) is 32.6 Å². The Kier molecular flexibility index (Phi) is 5.15. The number of hydrogen-bond acceptors (Lipinski definition) is 3. The van der Waals surface area contributed by atoms with Gasteiger partial charge in [-0.05, 0) is 49.0 Å². The molecule has 0 bridgehead atoms. The van der Waals surface area contributed by atoms with E-state index in [0.717, 1.165) is 49.0 Å². The van der Waals surface area contributed by atoms with Crippen molar-refractivity contribution in [3.05, 3.63) is 59.1 Å². The highest BCUT2D eigenvalue weighted by Gasteiger charge is 2.23. The minimum Gasteiger partial charge on any atom is -0.338 e. The number of thiazole rings is 1. The van der Waals surface area contributed by atoms with E-state index < -0.39 is 0 Å². The van der Waals surface area contributed by atoms with Gasteiger partial charge in [-0.15, -0.1) is 11.3 Å². The van der Waals surface area contributed by atoms with Crippen LogP contribution in [-0.2, 0) is 6.54 Å². The molecule has 26 heavy (non-hydrogen) atoms. The summed E-state index contributed by atoms with van der Waals surface area (Å²) in [5.41, 5.74) is 3.43. The number of para-hydroxylation sites is 1. The summed E-state index contributed by atoms with van der Waals surface area (Å²) in [7, 11) is 0. The van der Waals surface area contributed by atoms with Crippen molar-refractivity contribution in [1.29, 1.82) is 0 Å². The maximum atomic E-state index is 5.61. The van der Waals surface area contributed by atoms with E-state index >= 15 is 0 Å². The first kappa shape index (κ1) is 17.4. The van der Waals surface area contributed by atoms with Crippen LogP contribution in [0, 0.1) is 6.92 Å². The Labute approximate surface area is 163 Å². The lowest BCUT2D eigenvalue weighted by atomic mass is 10.2. The number of thiocarbonyl (C=S) groups is 1. The Morgan fingerprint density at radius 2 is 2.00 bits per heavy atom. The fourth-order valence-electron chi connectivity index (χ4n) is 3.34. The first-order valence-electron chi connectivity index (χ1n) is 8.98. The second-order valence-corrected chi connectivity index (χ2v) is 8.29. The molecular weight excluding hydrogens is 360 g/mol. The van der Waals surface area contributed by atoms with E-state index in [2.05, 4.69) is 65.7 Å². The molecular formula is C20H23N4S2+. The van der Waals surface area contributed by atoms with E-state index in [0.29, 0.717) is 0 Å². The molecule has 0 aliphatic carbocycles. The van der Waals surface area contributed by atoms with Crippen molar-refractivity contribution < 1.29 is 4.90 Å². The highest BCUT2D eigenvalue weighted by Crippen LogP contribution is 2.20. The normalized spacial score (nSPS) is 15.3. The van der Waals surface area contributed by atoms with E-state index in [1.165, 1.54) is 15.3 Å². The van der Waals surface area contributed by atoms with E-state index in [1.807, 2.05) is 11.3 Å². The number of aromatic nitrogens is 1. The van der Waals surface area contributed by atoms with Gasteiger partial charge < -0.3 is 15.1 Å². The summed E-state index contributed by atoms with van der Waals surface area (Å²) in [6.45, 7) is 7.25. The molecule has 0 spiro atoms. The van der Waals surface area contributed by atoms with Gasteiger partial charge in [0.25, 0.3) is 0 Å². The van der Waals surface area contributed by atoms with Crippen molar-refractivity contribution in [3.63, 3.8) is 0 Å². The Morgan fingerprint density at radius 1 is 1.19 bits per heavy atom. The number of rotatable bonds is 3. The zero-order chi connectivity index (χ0) is 17.9. The van der Waals surface area contributed by atoms with Crippen LogP contribution in [0.5, 0.6) is 0 Å². The molecule has 2 aromatic carbocycles. The molecule has 1 aliphatic rings. The van der Waals surface area contributed by atoms with Gasteiger partial charge >= 0.3 is 0 Å². The lowest BCUT2D eigenvalue weighted by Crippen LogP contribution is -3.13. The average molecular weight is 384 g/mol. The van der Waals surface area contributed by atoms with Crippen LogP contribution >= 0.6 is 23.6 Å². The molecule has 2 heterocycles. The third-order valence-corrected chi connectivity index (χ3v) is 6.16. The number of aryl methyl sites for hydroxylation is 1. The van der Waals surface area contributed by atoms with Crippen LogP contribution in [-0.4, -0.2) is 41.2 Å². The van der Waals surface area contributed by atoms with Crippen molar-refractivity contribution in [3.8, 4) is 0 Å². The van der Waals surface area contributed by atoms with Crippen LogP contribution in [0.2, 0.25) is 0 Å². The molecule has 6 heteroatoms. The minimum absolute atomic E-state index is 0.828. The number of hydrogen-bond donors (Lipinski definition) is 2. The molecule has 1 aliphatic heterocycles. The summed E-state index contributed by atoms with van der Waals surface area (Å²) in [6, 6.07) is 16.7. The number of quaternary nitrogens is 1. The SMILES string of the molecule is Cc1cccc(NC(=S)N2CC[NH+](Cc3nc4ccccc4s3)CC2)c1. The first-order valence-corrected chi connectivity index (χ1v) is 10.2. The van der Waals surface area contributed by atoms with E-state index in [-0.39, 0.29) is 0 Å². The molecule has 0 amide bonds. The van der Waals surface area contributed by atoms with Gasteiger partial charge in [0.1, 0.15) is 11.6 Å². The fourth-order valence-corrected chi connectivity index (χ4v) is 4.68. The van der Waals surface area contributed by atoms with Crippen LogP contribution in [0.3, 0.4) is 0 Å². The van der Waals surface area contributed by atoms with Gasteiger partial charge in [0.05, 0.1) is 36.4 Å². The number of anilines is 1. The summed E-state index contributed by atoms with van der Waals surface area (Å²) in [4.78, 5) is 8.63. The van der Waals surface area contributed by atoms with Crippen LogP contribution in [0.25, 0.3) is 10.2 Å². The van der Waals surface area contributed by atoms with Crippen molar-refractivity contribution in [1.82, 2.24) is 9.88 Å².